The highest BCUT2D eigenvalue weighted by atomic mass is 32.1. The third-order valence-corrected chi connectivity index (χ3v) is 5.25. The predicted molar refractivity (Wildman–Crippen MR) is 87.4 cm³/mol. The molecule has 5 heteroatoms. The van der Waals surface area contributed by atoms with Crippen molar-refractivity contribution in [3.8, 4) is 0 Å². The zero-order chi connectivity index (χ0) is 15.5. The number of fused-ring (bicyclic) bond motifs is 1. The van der Waals surface area contributed by atoms with Crippen LogP contribution in [0.4, 0.5) is 0 Å². The number of aliphatic carboxylic acids is 1. The first-order valence-electron chi connectivity index (χ1n) is 7.66. The summed E-state index contributed by atoms with van der Waals surface area (Å²) in [7, 11) is 0. The number of carbonyl (C=O) groups excluding carboxylic acids is 1. The van der Waals surface area contributed by atoms with Gasteiger partial charge in [0.2, 0.25) is 0 Å². The number of rotatable bonds is 4. The molecule has 22 heavy (non-hydrogen) atoms. The monoisotopic (exact) mass is 317 g/mol. The molecular formula is C17H19NO3S. The van der Waals surface area contributed by atoms with Crippen molar-refractivity contribution in [3.63, 3.8) is 0 Å². The third kappa shape index (κ3) is 2.99. The van der Waals surface area contributed by atoms with Gasteiger partial charge in [0.05, 0.1) is 5.56 Å². The van der Waals surface area contributed by atoms with Gasteiger partial charge in [0.25, 0.3) is 5.91 Å². The van der Waals surface area contributed by atoms with E-state index in [1.165, 1.54) is 0 Å². The lowest BCUT2D eigenvalue weighted by molar-refractivity contribution is -0.137. The van der Waals surface area contributed by atoms with Crippen LogP contribution < -0.4 is 0 Å². The summed E-state index contributed by atoms with van der Waals surface area (Å²) in [6.07, 6.45) is 3.64. The molecule has 1 aliphatic heterocycles. The fourth-order valence-electron chi connectivity index (χ4n) is 3.16. The van der Waals surface area contributed by atoms with Gasteiger partial charge in [-0.1, -0.05) is 18.2 Å². The number of thiophene rings is 1. The molecule has 1 atom stereocenters. The summed E-state index contributed by atoms with van der Waals surface area (Å²) in [5.74, 6) is -0.744. The molecule has 4 nitrogen and oxygen atoms in total. The van der Waals surface area contributed by atoms with Crippen molar-refractivity contribution >= 4 is 33.3 Å². The van der Waals surface area contributed by atoms with Gasteiger partial charge in [-0.2, -0.15) is 0 Å². The van der Waals surface area contributed by atoms with E-state index in [2.05, 4.69) is 0 Å². The fourth-order valence-corrected chi connectivity index (χ4v) is 4.09. The zero-order valence-electron chi connectivity index (χ0n) is 12.3. The van der Waals surface area contributed by atoms with Crippen molar-refractivity contribution in [2.24, 2.45) is 0 Å². The maximum atomic E-state index is 12.9. The van der Waals surface area contributed by atoms with Crippen LogP contribution in [-0.2, 0) is 4.79 Å². The zero-order valence-corrected chi connectivity index (χ0v) is 13.1. The Labute approximate surface area is 133 Å². The van der Waals surface area contributed by atoms with E-state index < -0.39 is 5.97 Å². The lowest BCUT2D eigenvalue weighted by Gasteiger charge is -2.35. The molecule has 0 aliphatic carbocycles. The van der Waals surface area contributed by atoms with E-state index in [0.717, 1.165) is 41.5 Å². The van der Waals surface area contributed by atoms with E-state index in [9.17, 15) is 9.59 Å². The van der Waals surface area contributed by atoms with Crippen molar-refractivity contribution in [3.05, 3.63) is 35.2 Å². The number of hydrogen-bond donors (Lipinski definition) is 1. The van der Waals surface area contributed by atoms with E-state index >= 15 is 0 Å². The highest BCUT2D eigenvalue weighted by Gasteiger charge is 2.28. The molecule has 1 amide bonds. The van der Waals surface area contributed by atoms with Crippen LogP contribution in [0.3, 0.4) is 0 Å². The number of piperidine rings is 1. The van der Waals surface area contributed by atoms with Crippen LogP contribution in [0.15, 0.2) is 29.6 Å². The number of likely N-dealkylation sites (tertiary alicyclic amines) is 1. The molecule has 0 saturated carbocycles. The predicted octanol–water partition coefficient (Wildman–Crippen LogP) is 3.76. The number of benzene rings is 1. The minimum atomic E-state index is -0.793. The molecule has 0 spiro atoms. The fraction of sp³-hybridized carbons (Fsp3) is 0.412. The molecule has 3 rings (SSSR count). The van der Waals surface area contributed by atoms with Gasteiger partial charge in [-0.25, -0.2) is 0 Å². The van der Waals surface area contributed by atoms with Crippen LogP contribution in [0.25, 0.3) is 10.1 Å². The van der Waals surface area contributed by atoms with Gasteiger partial charge in [-0.15, -0.1) is 11.3 Å². The Morgan fingerprint density at radius 1 is 1.27 bits per heavy atom. The Balaban J connectivity index is 1.83. The van der Waals surface area contributed by atoms with Crippen molar-refractivity contribution < 1.29 is 14.7 Å². The van der Waals surface area contributed by atoms with Crippen LogP contribution >= 0.6 is 11.3 Å². The molecule has 1 aromatic carbocycles. The van der Waals surface area contributed by atoms with Crippen LogP contribution in [0.1, 0.15) is 42.5 Å². The lowest BCUT2D eigenvalue weighted by atomic mass is 9.97. The topological polar surface area (TPSA) is 57.6 Å². The summed E-state index contributed by atoms with van der Waals surface area (Å²) in [6, 6.07) is 7.98. The van der Waals surface area contributed by atoms with E-state index in [1.54, 1.807) is 11.3 Å². The Morgan fingerprint density at radius 3 is 2.91 bits per heavy atom. The number of carbonyl (C=O) groups is 2. The molecule has 0 radical (unpaired) electrons. The van der Waals surface area contributed by atoms with Crippen molar-refractivity contribution in [2.45, 2.75) is 38.1 Å². The number of carboxylic acids is 1. The van der Waals surface area contributed by atoms with E-state index in [4.69, 9.17) is 5.11 Å². The Morgan fingerprint density at radius 2 is 2.09 bits per heavy atom. The molecule has 2 aromatic rings. The minimum Gasteiger partial charge on any atom is -0.481 e. The van der Waals surface area contributed by atoms with Gasteiger partial charge < -0.3 is 10.0 Å². The van der Waals surface area contributed by atoms with Crippen LogP contribution in [0.5, 0.6) is 0 Å². The largest absolute Gasteiger partial charge is 0.481 e. The van der Waals surface area contributed by atoms with Gasteiger partial charge in [-0.05, 0) is 31.7 Å². The Bertz CT molecular complexity index is 694. The summed E-state index contributed by atoms with van der Waals surface area (Å²) >= 11 is 1.58. The molecule has 0 bridgehead atoms. The van der Waals surface area contributed by atoms with E-state index in [-0.39, 0.29) is 18.4 Å². The van der Waals surface area contributed by atoms with E-state index in [0.29, 0.717) is 6.42 Å². The molecule has 1 aromatic heterocycles. The molecule has 1 aliphatic rings. The first kappa shape index (κ1) is 15.0. The van der Waals surface area contributed by atoms with Crippen molar-refractivity contribution in [2.75, 3.05) is 6.54 Å². The van der Waals surface area contributed by atoms with Crippen molar-refractivity contribution in [1.82, 2.24) is 4.90 Å². The van der Waals surface area contributed by atoms with Gasteiger partial charge in [-0.3, -0.25) is 9.59 Å². The summed E-state index contributed by atoms with van der Waals surface area (Å²) in [4.78, 5) is 25.6. The average Bonchev–Trinajstić information content (AvgIpc) is 2.96. The van der Waals surface area contributed by atoms with Crippen LogP contribution in [0, 0.1) is 0 Å². The van der Waals surface area contributed by atoms with Gasteiger partial charge in [0, 0.05) is 34.5 Å². The standard InChI is InChI=1S/C17H19NO3S/c19-16(20)9-8-12-5-3-4-10-18(12)17(21)14-11-22-15-7-2-1-6-13(14)15/h1-2,6-7,11-12H,3-5,8-10H2,(H,19,20). The van der Waals surface area contributed by atoms with E-state index in [1.807, 2.05) is 34.5 Å². The Hall–Kier alpha value is -1.88. The Kier molecular flexibility index (Phi) is 4.43. The smallest absolute Gasteiger partial charge is 0.303 e. The average molecular weight is 317 g/mol. The molecule has 1 saturated heterocycles. The lowest BCUT2D eigenvalue weighted by Crippen LogP contribution is -2.43. The summed E-state index contributed by atoms with van der Waals surface area (Å²) < 4.78 is 1.12. The van der Waals surface area contributed by atoms with Crippen molar-refractivity contribution in [1.29, 1.82) is 0 Å². The molecule has 1 fully saturated rings. The SMILES string of the molecule is O=C(O)CCC1CCCCN1C(=O)c1csc2ccccc12. The maximum Gasteiger partial charge on any atom is 0.303 e. The molecule has 1 unspecified atom stereocenters. The second kappa shape index (κ2) is 6.48. The third-order valence-electron chi connectivity index (χ3n) is 4.29. The highest BCUT2D eigenvalue weighted by molar-refractivity contribution is 7.17. The normalized spacial score (nSPS) is 18.5. The molecular weight excluding hydrogens is 298 g/mol. The summed E-state index contributed by atoms with van der Waals surface area (Å²) in [5, 5.41) is 11.8. The second-order valence-corrected chi connectivity index (χ2v) is 6.64. The van der Waals surface area contributed by atoms with Gasteiger partial charge in [0.15, 0.2) is 0 Å². The summed E-state index contributed by atoms with van der Waals surface area (Å²) in [6.45, 7) is 0.729. The van der Waals surface area contributed by atoms with Gasteiger partial charge in [0.1, 0.15) is 0 Å². The number of nitrogens with zero attached hydrogens (tertiary/aromatic N) is 1. The number of carboxylic acid groups (broad SMARTS) is 1. The highest BCUT2D eigenvalue weighted by Crippen LogP contribution is 2.29. The quantitative estimate of drug-likeness (QED) is 0.934. The number of amides is 1. The number of hydrogen-bond acceptors (Lipinski definition) is 3. The van der Waals surface area contributed by atoms with Crippen LogP contribution in [0.2, 0.25) is 0 Å². The first-order chi connectivity index (χ1) is 10.7. The van der Waals surface area contributed by atoms with Gasteiger partial charge >= 0.3 is 5.97 Å². The molecule has 116 valence electrons. The van der Waals surface area contributed by atoms with Crippen LogP contribution in [-0.4, -0.2) is 34.5 Å². The molecule has 2 heterocycles. The molecule has 1 N–H and O–H groups in total. The minimum absolute atomic E-state index is 0.0486. The maximum absolute atomic E-state index is 12.9. The summed E-state index contributed by atoms with van der Waals surface area (Å²) in [5.41, 5.74) is 0.753. The second-order valence-electron chi connectivity index (χ2n) is 5.73. The first-order valence-corrected chi connectivity index (χ1v) is 8.54.